The molecule has 1 N–H and O–H groups in total. The number of carboxylic acids is 1. The minimum atomic E-state index is -4.37. The van der Waals surface area contributed by atoms with Gasteiger partial charge in [0.2, 0.25) is 0 Å². The molecule has 0 atom stereocenters. The molecule has 0 amide bonds. The average molecular weight is 442 g/mol. The van der Waals surface area contributed by atoms with E-state index in [1.165, 1.54) is 18.2 Å². The Morgan fingerprint density at radius 3 is 2.34 bits per heavy atom. The number of benzene rings is 3. The van der Waals surface area contributed by atoms with Crippen LogP contribution in [0.3, 0.4) is 0 Å². The van der Waals surface area contributed by atoms with Crippen LogP contribution in [0.25, 0.3) is 6.08 Å². The third-order valence-corrected chi connectivity index (χ3v) is 4.72. The molecule has 0 unspecified atom stereocenters. The van der Waals surface area contributed by atoms with E-state index in [0.29, 0.717) is 28.4 Å². The second-order valence-electron chi connectivity index (χ2n) is 7.12. The molecule has 0 bridgehead atoms. The summed E-state index contributed by atoms with van der Waals surface area (Å²) in [5, 5.41) is 9.30. The van der Waals surface area contributed by atoms with Crippen LogP contribution >= 0.6 is 0 Å². The number of carboxylic acid groups (broad SMARTS) is 1. The highest BCUT2D eigenvalue weighted by atomic mass is 19.4. The van der Waals surface area contributed by atoms with E-state index in [1.807, 2.05) is 13.0 Å². The summed E-state index contributed by atoms with van der Waals surface area (Å²) in [6.45, 7) is 3.72. The van der Waals surface area contributed by atoms with Gasteiger partial charge >= 0.3 is 12.1 Å². The predicted octanol–water partition coefficient (Wildman–Crippen LogP) is 6.90. The Bertz CT molecular complexity index is 1130. The standard InChI is InChI=1S/C25H21F3O4/c1-16-8-13-22(32-21-7-3-6-20(17(21)2)24(29)30)23(15-16)31-14-4-5-18-9-11-19(12-10-18)25(26,27)28/h3-13,15H,14H2,1-2H3,(H,29,30)/b5-4+. The van der Waals surface area contributed by atoms with Gasteiger partial charge in [-0.15, -0.1) is 0 Å². The Kier molecular flexibility index (Phi) is 6.88. The number of hydrogen-bond donors (Lipinski definition) is 1. The molecule has 3 rings (SSSR count). The van der Waals surface area contributed by atoms with Gasteiger partial charge in [-0.1, -0.05) is 30.3 Å². The minimum absolute atomic E-state index is 0.150. The van der Waals surface area contributed by atoms with Gasteiger partial charge in [0.25, 0.3) is 0 Å². The second kappa shape index (κ2) is 9.60. The lowest BCUT2D eigenvalue weighted by molar-refractivity contribution is -0.137. The molecule has 0 aromatic heterocycles. The number of aromatic carboxylic acids is 1. The van der Waals surface area contributed by atoms with E-state index >= 15 is 0 Å². The van der Waals surface area contributed by atoms with Crippen molar-refractivity contribution in [2.75, 3.05) is 6.61 Å². The highest BCUT2D eigenvalue weighted by molar-refractivity contribution is 5.90. The van der Waals surface area contributed by atoms with Gasteiger partial charge in [-0.2, -0.15) is 13.2 Å². The maximum Gasteiger partial charge on any atom is 0.416 e. The molecule has 0 saturated heterocycles. The van der Waals surface area contributed by atoms with Crippen molar-refractivity contribution in [3.05, 3.63) is 94.6 Å². The highest BCUT2D eigenvalue weighted by Gasteiger charge is 2.29. The first-order valence-corrected chi connectivity index (χ1v) is 9.73. The summed E-state index contributed by atoms with van der Waals surface area (Å²) < 4.78 is 49.7. The smallest absolute Gasteiger partial charge is 0.416 e. The van der Waals surface area contributed by atoms with Crippen molar-refractivity contribution in [3.63, 3.8) is 0 Å². The van der Waals surface area contributed by atoms with Crippen LogP contribution < -0.4 is 9.47 Å². The molecule has 0 spiro atoms. The number of rotatable bonds is 7. The third-order valence-electron chi connectivity index (χ3n) is 4.72. The molecule has 0 aliphatic heterocycles. The number of hydrogen-bond acceptors (Lipinski definition) is 3. The van der Waals surface area contributed by atoms with Crippen molar-refractivity contribution >= 4 is 12.0 Å². The molecular formula is C25H21F3O4. The summed E-state index contributed by atoms with van der Waals surface area (Å²) in [6.07, 6.45) is -1.02. The first kappa shape index (κ1) is 22.9. The van der Waals surface area contributed by atoms with E-state index in [-0.39, 0.29) is 12.2 Å². The number of ether oxygens (including phenoxy) is 2. The van der Waals surface area contributed by atoms with Gasteiger partial charge in [-0.25, -0.2) is 4.79 Å². The SMILES string of the molecule is Cc1ccc(Oc2cccc(C(=O)O)c2C)c(OC/C=C/c2ccc(C(F)(F)F)cc2)c1. The molecule has 0 aliphatic carbocycles. The predicted molar refractivity (Wildman–Crippen MR) is 115 cm³/mol. The maximum atomic E-state index is 12.6. The number of carbonyl (C=O) groups is 1. The van der Waals surface area contributed by atoms with E-state index in [4.69, 9.17) is 9.47 Å². The van der Waals surface area contributed by atoms with Crippen LogP contribution in [0.4, 0.5) is 13.2 Å². The number of aryl methyl sites for hydroxylation is 1. The van der Waals surface area contributed by atoms with Crippen LogP contribution in [0.5, 0.6) is 17.2 Å². The molecule has 3 aromatic carbocycles. The lowest BCUT2D eigenvalue weighted by Crippen LogP contribution is -2.04. The zero-order chi connectivity index (χ0) is 23.3. The van der Waals surface area contributed by atoms with Crippen molar-refractivity contribution in [1.82, 2.24) is 0 Å². The zero-order valence-electron chi connectivity index (χ0n) is 17.4. The van der Waals surface area contributed by atoms with E-state index in [0.717, 1.165) is 17.7 Å². The topological polar surface area (TPSA) is 55.8 Å². The highest BCUT2D eigenvalue weighted by Crippen LogP contribution is 2.35. The van der Waals surface area contributed by atoms with Gasteiger partial charge in [0.15, 0.2) is 11.5 Å². The van der Waals surface area contributed by atoms with Crippen LogP contribution in [0.1, 0.15) is 32.6 Å². The summed E-state index contributed by atoms with van der Waals surface area (Å²) >= 11 is 0. The Morgan fingerprint density at radius 2 is 1.69 bits per heavy atom. The normalized spacial score (nSPS) is 11.5. The van der Waals surface area contributed by atoms with Crippen LogP contribution in [0.2, 0.25) is 0 Å². The molecule has 32 heavy (non-hydrogen) atoms. The lowest BCUT2D eigenvalue weighted by atomic mass is 10.1. The van der Waals surface area contributed by atoms with Gasteiger partial charge in [0.1, 0.15) is 12.4 Å². The molecule has 0 heterocycles. The molecule has 0 aliphatic rings. The van der Waals surface area contributed by atoms with Gasteiger partial charge in [0, 0.05) is 5.56 Å². The van der Waals surface area contributed by atoms with E-state index in [2.05, 4.69) is 0 Å². The molecule has 3 aromatic rings. The average Bonchev–Trinajstić information content (AvgIpc) is 2.73. The summed E-state index contributed by atoms with van der Waals surface area (Å²) in [6, 6.07) is 15.0. The Morgan fingerprint density at radius 1 is 0.969 bits per heavy atom. The molecule has 166 valence electrons. The maximum absolute atomic E-state index is 12.6. The Labute approximate surface area is 183 Å². The largest absolute Gasteiger partial charge is 0.486 e. The summed E-state index contributed by atoms with van der Waals surface area (Å²) in [7, 11) is 0. The second-order valence-corrected chi connectivity index (χ2v) is 7.12. The zero-order valence-corrected chi connectivity index (χ0v) is 17.4. The molecular weight excluding hydrogens is 421 g/mol. The lowest BCUT2D eigenvalue weighted by Gasteiger charge is -2.14. The third kappa shape index (κ3) is 5.69. The van der Waals surface area contributed by atoms with Crippen LogP contribution in [0, 0.1) is 13.8 Å². The summed E-state index contributed by atoms with van der Waals surface area (Å²) in [5.74, 6) is 0.243. The van der Waals surface area contributed by atoms with E-state index < -0.39 is 17.7 Å². The Hall–Kier alpha value is -3.74. The van der Waals surface area contributed by atoms with Crippen molar-refractivity contribution < 1.29 is 32.5 Å². The molecule has 0 saturated carbocycles. The monoisotopic (exact) mass is 442 g/mol. The van der Waals surface area contributed by atoms with Crippen LogP contribution in [-0.2, 0) is 6.18 Å². The fraction of sp³-hybridized carbons (Fsp3) is 0.160. The first-order valence-electron chi connectivity index (χ1n) is 9.73. The molecule has 4 nitrogen and oxygen atoms in total. The van der Waals surface area contributed by atoms with Crippen molar-refractivity contribution in [3.8, 4) is 17.2 Å². The first-order chi connectivity index (χ1) is 15.1. The van der Waals surface area contributed by atoms with Crippen LogP contribution in [-0.4, -0.2) is 17.7 Å². The van der Waals surface area contributed by atoms with Gasteiger partial charge in [0.05, 0.1) is 11.1 Å². The van der Waals surface area contributed by atoms with Gasteiger partial charge in [-0.3, -0.25) is 0 Å². The molecule has 0 radical (unpaired) electrons. The molecule has 7 heteroatoms. The fourth-order valence-corrected chi connectivity index (χ4v) is 2.99. The number of alkyl halides is 3. The number of halogens is 3. The minimum Gasteiger partial charge on any atom is -0.486 e. The van der Waals surface area contributed by atoms with Crippen LogP contribution in [0.15, 0.2) is 66.7 Å². The van der Waals surface area contributed by atoms with E-state index in [1.54, 1.807) is 43.3 Å². The summed E-state index contributed by atoms with van der Waals surface area (Å²) in [5.41, 5.74) is 1.50. The Balaban J connectivity index is 1.72. The summed E-state index contributed by atoms with van der Waals surface area (Å²) in [4.78, 5) is 11.4. The van der Waals surface area contributed by atoms with Crippen molar-refractivity contribution in [2.24, 2.45) is 0 Å². The van der Waals surface area contributed by atoms with Crippen molar-refractivity contribution in [2.45, 2.75) is 20.0 Å². The van der Waals surface area contributed by atoms with Gasteiger partial charge in [-0.05, 0) is 67.4 Å². The quantitative estimate of drug-likeness (QED) is 0.432. The van der Waals surface area contributed by atoms with Crippen molar-refractivity contribution in [1.29, 1.82) is 0 Å². The molecule has 0 fully saturated rings. The van der Waals surface area contributed by atoms with E-state index in [9.17, 15) is 23.1 Å². The van der Waals surface area contributed by atoms with Gasteiger partial charge < -0.3 is 14.6 Å². The fourth-order valence-electron chi connectivity index (χ4n) is 2.99.